The molecule has 7 nitrogen and oxygen atoms in total. The highest BCUT2D eigenvalue weighted by atomic mass is 32.7. The third-order valence-electron chi connectivity index (χ3n) is 3.76. The van der Waals surface area contributed by atoms with Crippen molar-refractivity contribution in [1.82, 2.24) is 0 Å². The van der Waals surface area contributed by atoms with E-state index < -0.39 is 31.0 Å². The number of methoxy groups -OCH3 is 2. The van der Waals surface area contributed by atoms with Gasteiger partial charge in [0.1, 0.15) is 21.8 Å². The van der Waals surface area contributed by atoms with Crippen molar-refractivity contribution in [2.24, 2.45) is 0 Å². The number of hydrogen-bond donors (Lipinski definition) is 1. The molecule has 23 heavy (non-hydrogen) atoms. The molecule has 1 N–H and O–H groups in total. The van der Waals surface area contributed by atoms with Crippen LogP contribution in [0.3, 0.4) is 0 Å². The second-order valence-electron chi connectivity index (χ2n) is 5.54. The van der Waals surface area contributed by atoms with E-state index in [-0.39, 0.29) is 24.6 Å². The topological polar surface area (TPSA) is 83.5 Å². The van der Waals surface area contributed by atoms with Crippen molar-refractivity contribution in [3.8, 4) is 0 Å². The van der Waals surface area contributed by atoms with Gasteiger partial charge in [-0.3, -0.25) is 4.52 Å². The molecule has 2 saturated heterocycles. The first kappa shape index (κ1) is 19.8. The molecule has 0 bridgehead atoms. The summed E-state index contributed by atoms with van der Waals surface area (Å²) in [5.41, 5.74) is 0. The van der Waals surface area contributed by atoms with Crippen LogP contribution in [0.25, 0.3) is 0 Å². The molecule has 128 valence electrons. The van der Waals surface area contributed by atoms with Crippen LogP contribution in [0.2, 0.25) is 0 Å². The third kappa shape index (κ3) is 5.75. The Hall–Kier alpha value is 0.470. The second-order valence-corrected chi connectivity index (χ2v) is 9.43. The maximum Gasteiger partial charge on any atom is 0.387 e. The van der Waals surface area contributed by atoms with Crippen LogP contribution < -0.4 is 0 Å². The van der Waals surface area contributed by atoms with E-state index in [9.17, 15) is 9.46 Å². The van der Waals surface area contributed by atoms with Gasteiger partial charge in [-0.1, -0.05) is 0 Å². The zero-order chi connectivity index (χ0) is 17.0. The molecular formula is C12H21B2O7PS. The van der Waals surface area contributed by atoms with E-state index in [4.69, 9.17) is 39.2 Å². The number of ether oxygens (including phenoxy) is 4. The van der Waals surface area contributed by atoms with Crippen molar-refractivity contribution < 1.29 is 32.9 Å². The fourth-order valence-electron chi connectivity index (χ4n) is 2.68. The van der Waals surface area contributed by atoms with Crippen LogP contribution >= 0.6 is 18.2 Å². The van der Waals surface area contributed by atoms with Gasteiger partial charge in [0.25, 0.3) is 0 Å². The normalized spacial score (nSPS) is 40.3. The molecule has 2 heterocycles. The Labute approximate surface area is 143 Å². The molecule has 0 spiro atoms. The van der Waals surface area contributed by atoms with Crippen molar-refractivity contribution in [3.63, 3.8) is 0 Å². The standard InChI is InChI=1S/C12H21B2O7PS/c1-17-5-9-8(4-12(14)19-9)21-22(15,16)23-6-10-7(18-2)3-11(13)20-10/h7-12H,3-6H2,1-2H3,(H,15,16)/t7?,8?,9-,10-,11-,12-/m1/s1. The van der Waals surface area contributed by atoms with Crippen LogP contribution in [-0.2, 0) is 28.0 Å². The monoisotopic (exact) mass is 362 g/mol. The van der Waals surface area contributed by atoms with E-state index in [1.807, 2.05) is 0 Å². The van der Waals surface area contributed by atoms with Crippen molar-refractivity contribution in [3.05, 3.63) is 0 Å². The van der Waals surface area contributed by atoms with Gasteiger partial charge in [0, 0.05) is 32.0 Å². The smallest absolute Gasteiger partial charge is 0.382 e. The lowest BCUT2D eigenvalue weighted by Crippen LogP contribution is -2.28. The highest BCUT2D eigenvalue weighted by Gasteiger charge is 2.40. The molecular weight excluding hydrogens is 341 g/mol. The summed E-state index contributed by atoms with van der Waals surface area (Å²) >= 11 is 0.796. The van der Waals surface area contributed by atoms with Gasteiger partial charge in [0.15, 0.2) is 0 Å². The fourth-order valence-corrected chi connectivity index (χ4v) is 5.46. The molecule has 0 saturated carbocycles. The molecule has 0 aliphatic carbocycles. The van der Waals surface area contributed by atoms with E-state index in [2.05, 4.69) is 0 Å². The van der Waals surface area contributed by atoms with Gasteiger partial charge in [-0.15, -0.1) is 0 Å². The minimum absolute atomic E-state index is 0.193. The first-order valence-electron chi connectivity index (χ1n) is 7.34. The Balaban J connectivity index is 1.85. The minimum atomic E-state index is -3.89. The third-order valence-corrected chi connectivity index (χ3v) is 6.79. The van der Waals surface area contributed by atoms with Crippen LogP contribution in [0.1, 0.15) is 12.8 Å². The van der Waals surface area contributed by atoms with E-state index >= 15 is 0 Å². The first-order chi connectivity index (χ1) is 10.8. The average molecular weight is 362 g/mol. The maximum absolute atomic E-state index is 12.3. The molecule has 11 heteroatoms. The van der Waals surface area contributed by atoms with Crippen molar-refractivity contribution in [2.75, 3.05) is 26.6 Å². The summed E-state index contributed by atoms with van der Waals surface area (Å²) in [7, 11) is 14.5. The largest absolute Gasteiger partial charge is 0.387 e. The molecule has 7 atom stereocenters. The Bertz CT molecular complexity index is 432. The Morgan fingerprint density at radius 2 is 1.78 bits per heavy atom. The predicted octanol–water partition coefficient (Wildman–Crippen LogP) is 0.434. The average Bonchev–Trinajstić information content (AvgIpc) is 2.99. The zero-order valence-electron chi connectivity index (χ0n) is 13.2. The summed E-state index contributed by atoms with van der Waals surface area (Å²) in [5.74, 6) is 0.245. The summed E-state index contributed by atoms with van der Waals surface area (Å²) < 4.78 is 38.8. The lowest BCUT2D eigenvalue weighted by molar-refractivity contribution is -0.0115. The molecule has 0 aromatic heterocycles. The minimum Gasteiger partial charge on any atom is -0.382 e. The Kier molecular flexibility index (Phi) is 7.50. The zero-order valence-corrected chi connectivity index (χ0v) is 14.9. The van der Waals surface area contributed by atoms with Crippen LogP contribution in [0, 0.1) is 0 Å². The van der Waals surface area contributed by atoms with E-state index in [0.29, 0.717) is 12.8 Å². The maximum atomic E-state index is 12.3. The molecule has 3 unspecified atom stereocenters. The molecule has 4 radical (unpaired) electrons. The fraction of sp³-hybridized carbons (Fsp3) is 1.00. The van der Waals surface area contributed by atoms with Gasteiger partial charge >= 0.3 is 6.80 Å². The van der Waals surface area contributed by atoms with Crippen LogP contribution in [-0.4, -0.2) is 83.6 Å². The van der Waals surface area contributed by atoms with Gasteiger partial charge in [-0.25, -0.2) is 4.57 Å². The van der Waals surface area contributed by atoms with Crippen molar-refractivity contribution >= 4 is 33.9 Å². The summed E-state index contributed by atoms with van der Waals surface area (Å²) in [6, 6.07) is -0.948. The SMILES string of the molecule is [B][C@H]1CC(OC)[C@@H](CSP(=O)(O)OC2C[C@H]([B])O[C@@H]2COC)O1. The summed E-state index contributed by atoms with van der Waals surface area (Å²) in [6.07, 6.45) is -0.690. The molecule has 0 aromatic carbocycles. The van der Waals surface area contributed by atoms with Crippen LogP contribution in [0.15, 0.2) is 0 Å². The highest BCUT2D eigenvalue weighted by molar-refractivity contribution is 8.54. The van der Waals surface area contributed by atoms with Gasteiger partial charge < -0.3 is 23.8 Å². The predicted molar refractivity (Wildman–Crippen MR) is 87.9 cm³/mol. The number of rotatable bonds is 8. The van der Waals surface area contributed by atoms with Gasteiger partial charge in [0.05, 0.1) is 24.9 Å². The summed E-state index contributed by atoms with van der Waals surface area (Å²) in [6.45, 7) is -3.64. The Morgan fingerprint density at radius 1 is 1.17 bits per heavy atom. The van der Waals surface area contributed by atoms with Gasteiger partial charge in [-0.2, -0.15) is 0 Å². The van der Waals surface area contributed by atoms with Gasteiger partial charge in [-0.05, 0) is 24.2 Å². The van der Waals surface area contributed by atoms with E-state index in [1.165, 1.54) is 7.11 Å². The van der Waals surface area contributed by atoms with Crippen molar-refractivity contribution in [1.29, 1.82) is 0 Å². The van der Waals surface area contributed by atoms with E-state index in [1.54, 1.807) is 7.11 Å². The molecule has 2 fully saturated rings. The van der Waals surface area contributed by atoms with Crippen LogP contribution in [0.4, 0.5) is 0 Å². The summed E-state index contributed by atoms with van der Waals surface area (Å²) in [5, 5.41) is 0. The van der Waals surface area contributed by atoms with Crippen LogP contribution in [0.5, 0.6) is 0 Å². The molecule has 0 aromatic rings. The molecule has 2 aliphatic rings. The van der Waals surface area contributed by atoms with Gasteiger partial charge in [0.2, 0.25) is 0 Å². The summed E-state index contributed by atoms with van der Waals surface area (Å²) in [4.78, 5) is 10.1. The lowest BCUT2D eigenvalue weighted by Gasteiger charge is -2.22. The molecule has 2 aliphatic heterocycles. The molecule has 0 amide bonds. The first-order valence-corrected chi connectivity index (χ1v) is 10.5. The van der Waals surface area contributed by atoms with Crippen molar-refractivity contribution in [2.45, 2.75) is 49.3 Å². The molecule has 2 rings (SSSR count). The second kappa shape index (κ2) is 8.72. The number of hydrogen-bond acceptors (Lipinski definition) is 7. The lowest BCUT2D eigenvalue weighted by atomic mass is 9.96. The van der Waals surface area contributed by atoms with E-state index in [0.717, 1.165) is 11.4 Å². The quantitative estimate of drug-likeness (QED) is 0.492. The Morgan fingerprint density at radius 3 is 2.39 bits per heavy atom. The highest BCUT2D eigenvalue weighted by Crippen LogP contribution is 2.58.